The molecule has 0 spiro atoms. The molecule has 7 heteroatoms. The first-order valence-corrected chi connectivity index (χ1v) is 11.4. The summed E-state index contributed by atoms with van der Waals surface area (Å²) in [5, 5.41) is 29.7. The van der Waals surface area contributed by atoms with Gasteiger partial charge >= 0.3 is 17.9 Å². The number of hydrogen-bond donors (Lipinski definition) is 3. The second-order valence-electron chi connectivity index (χ2n) is 7.97. The number of nitrogens with zero attached hydrogens (tertiary/aromatic N) is 1. The lowest BCUT2D eigenvalue weighted by molar-refractivity contribution is -0.973. The molecule has 0 rings (SSSR count). The molecule has 0 aromatic rings. The summed E-state index contributed by atoms with van der Waals surface area (Å²) < 4.78 is -0.417. The largest absolute Gasteiger partial charge is 0.477 e. The van der Waals surface area contributed by atoms with Crippen LogP contribution in [0, 0.1) is 0 Å². The minimum absolute atomic E-state index is 0.186. The molecule has 7 nitrogen and oxygen atoms in total. The normalized spacial score (nSPS) is 16.7. The molecule has 0 heterocycles. The number of carboxylic acids is 3. The van der Waals surface area contributed by atoms with Crippen molar-refractivity contribution in [3.05, 3.63) is 12.2 Å². The quantitative estimate of drug-likeness (QED) is 0.166. The Kier molecular flexibility index (Phi) is 14.0. The number of quaternary nitrogens is 1. The average Bonchev–Trinajstić information content (AvgIpc) is 2.67. The van der Waals surface area contributed by atoms with Crippen molar-refractivity contribution < 1.29 is 34.2 Å². The molecular weight excluding hydrogens is 386 g/mol. The van der Waals surface area contributed by atoms with E-state index in [0.717, 1.165) is 38.5 Å². The summed E-state index contributed by atoms with van der Waals surface area (Å²) in [5.74, 6) is -3.38. The Labute approximate surface area is 181 Å². The molecule has 0 aliphatic carbocycles. The molecule has 174 valence electrons. The number of rotatable bonds is 18. The van der Waals surface area contributed by atoms with E-state index in [1.807, 2.05) is 0 Å². The molecule has 0 amide bonds. The molecule has 3 atom stereocenters. The van der Waals surface area contributed by atoms with Crippen LogP contribution in [0.2, 0.25) is 0 Å². The van der Waals surface area contributed by atoms with Crippen molar-refractivity contribution in [1.29, 1.82) is 0 Å². The third-order valence-corrected chi connectivity index (χ3v) is 6.04. The standard InChI is InChI=1S/C23H41NO6/c1-5-9-10-11-12-13-14-15-16-17-24(18(6-2)21(25)26,19(7-3)22(27)28)20(8-4)23(29)30/h10-11,18-20H,5-9,12-17H2,1-4H3,(H2-,25,26,27,28,29,30)/p+1/b11-10+. The zero-order valence-electron chi connectivity index (χ0n) is 19.2. The molecule has 0 fully saturated rings. The SMILES string of the molecule is CCC/C=C/CCCCCC[N+](C(CC)C(=O)O)(C(CC)C(=O)O)C(CC)C(=O)O. The van der Waals surface area contributed by atoms with Gasteiger partial charge in [0.1, 0.15) is 0 Å². The Bertz CT molecular complexity index is 505. The Balaban J connectivity index is 5.65. The molecule has 0 saturated carbocycles. The summed E-state index contributed by atoms with van der Waals surface area (Å²) in [6.45, 7) is 7.45. The molecule has 0 aliphatic rings. The van der Waals surface area contributed by atoms with Crippen molar-refractivity contribution in [1.82, 2.24) is 0 Å². The first-order chi connectivity index (χ1) is 14.2. The minimum Gasteiger partial charge on any atom is -0.477 e. The monoisotopic (exact) mass is 428 g/mol. The van der Waals surface area contributed by atoms with E-state index in [9.17, 15) is 29.7 Å². The number of carbonyl (C=O) groups is 3. The van der Waals surface area contributed by atoms with Crippen LogP contribution in [0.25, 0.3) is 0 Å². The highest BCUT2D eigenvalue weighted by molar-refractivity contribution is 5.78. The van der Waals surface area contributed by atoms with Crippen LogP contribution in [0.1, 0.15) is 91.9 Å². The van der Waals surface area contributed by atoms with Crippen LogP contribution in [-0.4, -0.2) is 62.4 Å². The topological polar surface area (TPSA) is 112 Å². The van der Waals surface area contributed by atoms with Crippen LogP contribution in [0.5, 0.6) is 0 Å². The highest BCUT2D eigenvalue weighted by Crippen LogP contribution is 2.32. The number of hydrogen-bond acceptors (Lipinski definition) is 3. The van der Waals surface area contributed by atoms with E-state index in [1.54, 1.807) is 20.8 Å². The maximum atomic E-state index is 12.1. The third kappa shape index (κ3) is 7.74. The van der Waals surface area contributed by atoms with Crippen LogP contribution in [0.15, 0.2) is 12.2 Å². The molecular formula is C23H42NO6+. The van der Waals surface area contributed by atoms with Crippen molar-refractivity contribution in [3.8, 4) is 0 Å². The van der Waals surface area contributed by atoms with Gasteiger partial charge < -0.3 is 15.3 Å². The minimum atomic E-state index is -1.13. The molecule has 0 aromatic heterocycles. The summed E-state index contributed by atoms with van der Waals surface area (Å²) >= 11 is 0. The lowest BCUT2D eigenvalue weighted by Crippen LogP contribution is -2.72. The average molecular weight is 429 g/mol. The highest BCUT2D eigenvalue weighted by atomic mass is 16.4. The van der Waals surface area contributed by atoms with Gasteiger partial charge in [0.15, 0.2) is 18.1 Å². The molecule has 0 aliphatic heterocycles. The van der Waals surface area contributed by atoms with Gasteiger partial charge in [-0.05, 0) is 32.1 Å². The van der Waals surface area contributed by atoms with Gasteiger partial charge in [0.25, 0.3) is 0 Å². The van der Waals surface area contributed by atoms with Gasteiger partial charge in [-0.15, -0.1) is 0 Å². The summed E-state index contributed by atoms with van der Waals surface area (Å²) in [4.78, 5) is 36.3. The van der Waals surface area contributed by atoms with Crippen LogP contribution >= 0.6 is 0 Å². The molecule has 30 heavy (non-hydrogen) atoms. The van der Waals surface area contributed by atoms with Crippen molar-refractivity contribution in [2.24, 2.45) is 0 Å². The van der Waals surface area contributed by atoms with Gasteiger partial charge in [0.2, 0.25) is 0 Å². The van der Waals surface area contributed by atoms with E-state index in [2.05, 4.69) is 19.1 Å². The Morgan fingerprint density at radius 1 is 0.667 bits per heavy atom. The van der Waals surface area contributed by atoms with Crippen LogP contribution in [0.3, 0.4) is 0 Å². The van der Waals surface area contributed by atoms with Gasteiger partial charge in [0.05, 0.1) is 6.54 Å². The predicted molar refractivity (Wildman–Crippen MR) is 117 cm³/mol. The van der Waals surface area contributed by atoms with Crippen molar-refractivity contribution in [2.45, 2.75) is 110 Å². The van der Waals surface area contributed by atoms with E-state index in [-0.39, 0.29) is 25.8 Å². The molecule has 0 bridgehead atoms. The number of unbranched alkanes of at least 4 members (excludes halogenated alkanes) is 5. The maximum Gasteiger partial charge on any atom is 0.362 e. The second-order valence-corrected chi connectivity index (χ2v) is 7.97. The summed E-state index contributed by atoms with van der Waals surface area (Å²) in [6, 6.07) is -3.20. The predicted octanol–water partition coefficient (Wildman–Crippen LogP) is 4.70. The molecule has 3 unspecified atom stereocenters. The molecule has 0 saturated heterocycles. The van der Waals surface area contributed by atoms with Gasteiger partial charge in [-0.25, -0.2) is 14.4 Å². The highest BCUT2D eigenvalue weighted by Gasteiger charge is 2.55. The first-order valence-electron chi connectivity index (χ1n) is 11.4. The fraction of sp³-hybridized carbons (Fsp3) is 0.783. The first kappa shape index (κ1) is 28.1. The Morgan fingerprint density at radius 3 is 1.43 bits per heavy atom. The van der Waals surface area contributed by atoms with Gasteiger partial charge in [-0.1, -0.05) is 52.7 Å². The lowest BCUT2D eigenvalue weighted by atomic mass is 9.94. The summed E-state index contributed by atoms with van der Waals surface area (Å²) in [5.41, 5.74) is 0. The molecule has 0 aromatic carbocycles. The van der Waals surface area contributed by atoms with E-state index in [0.29, 0.717) is 6.42 Å². The van der Waals surface area contributed by atoms with E-state index >= 15 is 0 Å². The number of aliphatic carboxylic acids is 3. The molecule has 0 radical (unpaired) electrons. The van der Waals surface area contributed by atoms with E-state index < -0.39 is 40.5 Å². The van der Waals surface area contributed by atoms with Crippen LogP contribution in [0.4, 0.5) is 0 Å². The number of allylic oxidation sites excluding steroid dienone is 2. The van der Waals surface area contributed by atoms with Crippen LogP contribution < -0.4 is 0 Å². The number of carboxylic acid groups (broad SMARTS) is 3. The van der Waals surface area contributed by atoms with Crippen molar-refractivity contribution in [2.75, 3.05) is 6.54 Å². The van der Waals surface area contributed by atoms with Gasteiger partial charge in [-0.2, -0.15) is 0 Å². The maximum absolute atomic E-state index is 12.1. The Morgan fingerprint density at radius 2 is 1.07 bits per heavy atom. The molecule has 3 N–H and O–H groups in total. The van der Waals surface area contributed by atoms with Crippen molar-refractivity contribution in [3.63, 3.8) is 0 Å². The smallest absolute Gasteiger partial charge is 0.362 e. The summed E-state index contributed by atoms with van der Waals surface area (Å²) in [7, 11) is 0. The third-order valence-electron chi connectivity index (χ3n) is 6.04. The fourth-order valence-electron chi connectivity index (χ4n) is 4.68. The van der Waals surface area contributed by atoms with Gasteiger partial charge in [-0.3, -0.25) is 4.48 Å². The second kappa shape index (κ2) is 15.0. The van der Waals surface area contributed by atoms with Crippen molar-refractivity contribution >= 4 is 17.9 Å². The zero-order chi connectivity index (χ0) is 23.2. The zero-order valence-corrected chi connectivity index (χ0v) is 19.2. The lowest BCUT2D eigenvalue weighted by Gasteiger charge is -2.49. The van der Waals surface area contributed by atoms with E-state index in [1.165, 1.54) is 0 Å². The van der Waals surface area contributed by atoms with E-state index in [4.69, 9.17) is 0 Å². The summed E-state index contributed by atoms with van der Waals surface area (Å²) in [6.07, 6.45) is 11.5. The fourth-order valence-corrected chi connectivity index (χ4v) is 4.68. The van der Waals surface area contributed by atoms with Gasteiger partial charge in [0, 0.05) is 19.3 Å². The Hall–Kier alpha value is -1.89. The van der Waals surface area contributed by atoms with Crippen LogP contribution in [-0.2, 0) is 14.4 Å².